The first kappa shape index (κ1) is 11.2. The first-order chi connectivity index (χ1) is 7.70. The molecule has 0 saturated heterocycles. The van der Waals surface area contributed by atoms with E-state index in [9.17, 15) is 4.79 Å². The molecule has 2 atom stereocenters. The number of aromatic nitrogens is 2. The SMILES string of the molecule is CCC1CCCC(c2ncc(C(=O)O)[nH]2)C1. The molecule has 2 rings (SSSR count). The maximum Gasteiger partial charge on any atom is 0.353 e. The highest BCUT2D eigenvalue weighted by molar-refractivity contribution is 5.85. The average Bonchev–Trinajstić information content (AvgIpc) is 2.78. The van der Waals surface area contributed by atoms with Gasteiger partial charge in [0.25, 0.3) is 0 Å². The van der Waals surface area contributed by atoms with Gasteiger partial charge in [-0.25, -0.2) is 9.78 Å². The lowest BCUT2D eigenvalue weighted by Gasteiger charge is -2.26. The number of rotatable bonds is 3. The molecular formula is C12H18N2O2. The molecule has 0 spiro atoms. The van der Waals surface area contributed by atoms with Crippen LogP contribution in [0.5, 0.6) is 0 Å². The minimum atomic E-state index is -0.929. The van der Waals surface area contributed by atoms with Crippen LogP contribution in [0.4, 0.5) is 0 Å². The van der Waals surface area contributed by atoms with Crippen LogP contribution in [0.15, 0.2) is 6.20 Å². The Morgan fingerprint density at radius 2 is 2.44 bits per heavy atom. The van der Waals surface area contributed by atoms with Gasteiger partial charge in [0, 0.05) is 5.92 Å². The predicted octanol–water partition coefficient (Wildman–Crippen LogP) is 2.79. The average molecular weight is 222 g/mol. The van der Waals surface area contributed by atoms with Gasteiger partial charge in [-0.05, 0) is 18.8 Å². The zero-order chi connectivity index (χ0) is 11.5. The highest BCUT2D eigenvalue weighted by Gasteiger charge is 2.24. The van der Waals surface area contributed by atoms with E-state index in [1.807, 2.05) is 0 Å². The molecule has 1 heterocycles. The smallest absolute Gasteiger partial charge is 0.353 e. The van der Waals surface area contributed by atoms with Gasteiger partial charge >= 0.3 is 5.97 Å². The van der Waals surface area contributed by atoms with Crippen molar-refractivity contribution in [2.75, 3.05) is 0 Å². The lowest BCUT2D eigenvalue weighted by molar-refractivity contribution is 0.0691. The number of carboxylic acids is 1. The molecule has 0 bridgehead atoms. The Hall–Kier alpha value is -1.32. The van der Waals surface area contributed by atoms with Crippen LogP contribution in [-0.2, 0) is 0 Å². The fraction of sp³-hybridized carbons (Fsp3) is 0.667. The summed E-state index contributed by atoms with van der Waals surface area (Å²) >= 11 is 0. The third-order valence-corrected chi connectivity index (χ3v) is 3.57. The van der Waals surface area contributed by atoms with Gasteiger partial charge in [-0.3, -0.25) is 0 Å². The van der Waals surface area contributed by atoms with Crippen LogP contribution in [0.2, 0.25) is 0 Å². The highest BCUT2D eigenvalue weighted by atomic mass is 16.4. The number of imidazole rings is 1. The van der Waals surface area contributed by atoms with E-state index in [1.165, 1.54) is 25.5 Å². The molecule has 2 unspecified atom stereocenters. The number of aromatic amines is 1. The van der Waals surface area contributed by atoms with Crippen molar-refractivity contribution in [3.8, 4) is 0 Å². The van der Waals surface area contributed by atoms with Gasteiger partial charge in [0.2, 0.25) is 0 Å². The molecule has 4 heteroatoms. The standard InChI is InChI=1S/C12H18N2O2/c1-2-8-4-3-5-9(6-8)11-13-7-10(14-11)12(15)16/h7-9H,2-6H2,1H3,(H,13,14)(H,15,16). The van der Waals surface area contributed by atoms with E-state index in [-0.39, 0.29) is 5.69 Å². The number of nitrogens with one attached hydrogen (secondary N) is 1. The Labute approximate surface area is 95.1 Å². The Bertz CT molecular complexity index is 373. The summed E-state index contributed by atoms with van der Waals surface area (Å²) in [6.07, 6.45) is 7.44. The van der Waals surface area contributed by atoms with Crippen LogP contribution < -0.4 is 0 Å². The highest BCUT2D eigenvalue weighted by Crippen LogP contribution is 2.36. The number of H-pyrrole nitrogens is 1. The number of nitrogens with zero attached hydrogens (tertiary/aromatic N) is 1. The minimum Gasteiger partial charge on any atom is -0.477 e. The van der Waals surface area contributed by atoms with E-state index in [0.717, 1.165) is 24.6 Å². The van der Waals surface area contributed by atoms with Crippen molar-refractivity contribution in [2.45, 2.75) is 44.9 Å². The minimum absolute atomic E-state index is 0.202. The van der Waals surface area contributed by atoms with Crippen molar-refractivity contribution in [1.29, 1.82) is 0 Å². The number of carboxylic acid groups (broad SMARTS) is 1. The van der Waals surface area contributed by atoms with Crippen molar-refractivity contribution in [3.05, 3.63) is 17.7 Å². The van der Waals surface area contributed by atoms with E-state index in [4.69, 9.17) is 5.11 Å². The zero-order valence-electron chi connectivity index (χ0n) is 9.57. The molecule has 1 fully saturated rings. The summed E-state index contributed by atoms with van der Waals surface area (Å²) in [7, 11) is 0. The van der Waals surface area contributed by atoms with Crippen LogP contribution in [0.3, 0.4) is 0 Å². The second-order valence-corrected chi connectivity index (χ2v) is 4.63. The first-order valence-corrected chi connectivity index (χ1v) is 5.99. The van der Waals surface area contributed by atoms with Gasteiger partial charge in [0.1, 0.15) is 11.5 Å². The van der Waals surface area contributed by atoms with Gasteiger partial charge < -0.3 is 10.1 Å². The van der Waals surface area contributed by atoms with Crippen molar-refractivity contribution in [3.63, 3.8) is 0 Å². The monoisotopic (exact) mass is 222 g/mol. The molecule has 1 aromatic rings. The van der Waals surface area contributed by atoms with Gasteiger partial charge in [-0.15, -0.1) is 0 Å². The summed E-state index contributed by atoms with van der Waals surface area (Å²) < 4.78 is 0. The lowest BCUT2D eigenvalue weighted by Crippen LogP contribution is -2.14. The van der Waals surface area contributed by atoms with E-state index >= 15 is 0 Å². The normalized spacial score (nSPS) is 25.6. The Balaban J connectivity index is 2.08. The van der Waals surface area contributed by atoms with Gasteiger partial charge in [-0.1, -0.05) is 26.2 Å². The summed E-state index contributed by atoms with van der Waals surface area (Å²) in [6, 6.07) is 0. The second-order valence-electron chi connectivity index (χ2n) is 4.63. The molecule has 1 aromatic heterocycles. The quantitative estimate of drug-likeness (QED) is 0.826. The predicted molar refractivity (Wildman–Crippen MR) is 60.5 cm³/mol. The molecule has 4 nitrogen and oxygen atoms in total. The van der Waals surface area contributed by atoms with Crippen molar-refractivity contribution < 1.29 is 9.90 Å². The van der Waals surface area contributed by atoms with E-state index in [1.54, 1.807) is 0 Å². The van der Waals surface area contributed by atoms with Crippen LogP contribution in [-0.4, -0.2) is 21.0 Å². The third-order valence-electron chi connectivity index (χ3n) is 3.57. The summed E-state index contributed by atoms with van der Waals surface area (Å²) in [5, 5.41) is 8.82. The Morgan fingerprint density at radius 1 is 1.62 bits per heavy atom. The molecule has 2 N–H and O–H groups in total. The first-order valence-electron chi connectivity index (χ1n) is 5.99. The topological polar surface area (TPSA) is 66.0 Å². The summed E-state index contributed by atoms with van der Waals surface area (Å²) in [5.41, 5.74) is 0.202. The molecule has 1 aliphatic rings. The van der Waals surface area contributed by atoms with E-state index < -0.39 is 5.97 Å². The molecule has 0 aliphatic heterocycles. The summed E-state index contributed by atoms with van der Waals surface area (Å²) in [6.45, 7) is 2.22. The number of aromatic carboxylic acids is 1. The molecule has 0 radical (unpaired) electrons. The third kappa shape index (κ3) is 2.26. The van der Waals surface area contributed by atoms with Crippen molar-refractivity contribution >= 4 is 5.97 Å². The Kier molecular flexibility index (Phi) is 3.27. The van der Waals surface area contributed by atoms with E-state index in [2.05, 4.69) is 16.9 Å². The van der Waals surface area contributed by atoms with Crippen molar-refractivity contribution in [2.24, 2.45) is 5.92 Å². The fourth-order valence-electron chi connectivity index (χ4n) is 2.56. The Morgan fingerprint density at radius 3 is 3.06 bits per heavy atom. The van der Waals surface area contributed by atoms with Crippen molar-refractivity contribution in [1.82, 2.24) is 9.97 Å². The van der Waals surface area contributed by atoms with E-state index in [0.29, 0.717) is 5.92 Å². The summed E-state index contributed by atoms with van der Waals surface area (Å²) in [4.78, 5) is 17.9. The molecule has 1 aliphatic carbocycles. The molecule has 0 amide bonds. The second kappa shape index (κ2) is 4.68. The maximum atomic E-state index is 10.7. The van der Waals surface area contributed by atoms with Gasteiger partial charge in [0.15, 0.2) is 0 Å². The number of hydrogen-bond donors (Lipinski definition) is 2. The van der Waals surface area contributed by atoms with Crippen LogP contribution in [0.1, 0.15) is 61.3 Å². The maximum absolute atomic E-state index is 10.7. The lowest BCUT2D eigenvalue weighted by atomic mass is 9.80. The van der Waals surface area contributed by atoms with Gasteiger partial charge in [-0.2, -0.15) is 0 Å². The van der Waals surface area contributed by atoms with Crippen LogP contribution >= 0.6 is 0 Å². The fourth-order valence-corrected chi connectivity index (χ4v) is 2.56. The number of hydrogen-bond acceptors (Lipinski definition) is 2. The van der Waals surface area contributed by atoms with Gasteiger partial charge in [0.05, 0.1) is 6.20 Å². The molecule has 16 heavy (non-hydrogen) atoms. The van der Waals surface area contributed by atoms with Crippen LogP contribution in [0.25, 0.3) is 0 Å². The number of carbonyl (C=O) groups is 1. The molecule has 1 saturated carbocycles. The zero-order valence-corrected chi connectivity index (χ0v) is 9.57. The summed E-state index contributed by atoms with van der Waals surface area (Å²) in [5.74, 6) is 1.13. The molecule has 0 aromatic carbocycles. The van der Waals surface area contributed by atoms with Crippen LogP contribution in [0, 0.1) is 5.92 Å². The largest absolute Gasteiger partial charge is 0.477 e. The molecule has 88 valence electrons. The molecular weight excluding hydrogens is 204 g/mol.